The number of benzene rings is 1. The van der Waals surface area contributed by atoms with Gasteiger partial charge < -0.3 is 9.30 Å². The van der Waals surface area contributed by atoms with Gasteiger partial charge in [-0.25, -0.2) is 4.98 Å². The van der Waals surface area contributed by atoms with Gasteiger partial charge in [-0.15, -0.1) is 11.6 Å². The number of halogens is 2. The highest BCUT2D eigenvalue weighted by Crippen LogP contribution is 2.31. The summed E-state index contributed by atoms with van der Waals surface area (Å²) in [5.41, 5.74) is 1.72. The summed E-state index contributed by atoms with van der Waals surface area (Å²) in [6.45, 7) is 3.75. The first kappa shape index (κ1) is 13.2. The molecule has 3 nitrogen and oxygen atoms in total. The highest BCUT2D eigenvalue weighted by atomic mass is 35.5. The van der Waals surface area contributed by atoms with Crippen LogP contribution in [0.2, 0.25) is 5.02 Å². The van der Waals surface area contributed by atoms with E-state index < -0.39 is 0 Å². The number of hydrogen-bond donors (Lipinski definition) is 0. The molecule has 1 aromatic carbocycles. The normalized spacial score (nSPS) is 23.3. The fourth-order valence-corrected chi connectivity index (χ4v) is 3.15. The van der Waals surface area contributed by atoms with Crippen LogP contribution in [0.25, 0.3) is 11.0 Å². The van der Waals surface area contributed by atoms with Crippen molar-refractivity contribution in [3.8, 4) is 0 Å². The summed E-state index contributed by atoms with van der Waals surface area (Å²) in [4.78, 5) is 4.55. The molecule has 1 unspecified atom stereocenters. The van der Waals surface area contributed by atoms with E-state index in [1.165, 1.54) is 0 Å². The summed E-state index contributed by atoms with van der Waals surface area (Å²) >= 11 is 12.2. The number of hydrogen-bond acceptors (Lipinski definition) is 2. The first-order valence-corrected chi connectivity index (χ1v) is 7.38. The third-order valence-corrected chi connectivity index (χ3v) is 4.27. The van der Waals surface area contributed by atoms with Crippen molar-refractivity contribution in [1.82, 2.24) is 9.55 Å². The molecule has 19 heavy (non-hydrogen) atoms. The van der Waals surface area contributed by atoms with Crippen molar-refractivity contribution in [2.24, 2.45) is 0 Å². The van der Waals surface area contributed by atoms with E-state index in [1.54, 1.807) is 0 Å². The second-order valence-corrected chi connectivity index (χ2v) is 5.93. The fraction of sp³-hybridized carbons (Fsp3) is 0.500. The van der Waals surface area contributed by atoms with Gasteiger partial charge >= 0.3 is 0 Å². The number of rotatable bonds is 3. The molecular formula is C14H16Cl2N2O. The molecule has 2 aromatic rings. The van der Waals surface area contributed by atoms with Gasteiger partial charge in [-0.1, -0.05) is 17.7 Å². The largest absolute Gasteiger partial charge is 0.373 e. The van der Waals surface area contributed by atoms with E-state index in [0.717, 1.165) is 42.9 Å². The molecule has 0 aliphatic carbocycles. The summed E-state index contributed by atoms with van der Waals surface area (Å²) in [7, 11) is 0. The zero-order chi connectivity index (χ0) is 13.5. The summed E-state index contributed by atoms with van der Waals surface area (Å²) in [5, 5.41) is 0.667. The maximum Gasteiger partial charge on any atom is 0.125 e. The Kier molecular flexibility index (Phi) is 3.46. The molecule has 2 heterocycles. The van der Waals surface area contributed by atoms with Crippen LogP contribution >= 0.6 is 23.2 Å². The standard InChI is InChI=1S/C14H16Cl2N2O/c1-14(6-3-7-19-14)9-18-11-5-2-4-10(16)13(11)17-12(18)8-15/h2,4-5H,3,6-9H2,1H3. The molecule has 0 bridgehead atoms. The van der Waals surface area contributed by atoms with E-state index in [-0.39, 0.29) is 5.60 Å². The molecule has 0 saturated carbocycles. The number of para-hydroxylation sites is 1. The van der Waals surface area contributed by atoms with Crippen LogP contribution in [0.3, 0.4) is 0 Å². The van der Waals surface area contributed by atoms with Crippen LogP contribution in [0, 0.1) is 0 Å². The van der Waals surface area contributed by atoms with Crippen molar-refractivity contribution in [3.05, 3.63) is 29.0 Å². The minimum Gasteiger partial charge on any atom is -0.373 e. The van der Waals surface area contributed by atoms with Gasteiger partial charge in [0.1, 0.15) is 11.3 Å². The van der Waals surface area contributed by atoms with Crippen LogP contribution in [0.5, 0.6) is 0 Å². The Morgan fingerprint density at radius 1 is 1.47 bits per heavy atom. The van der Waals surface area contributed by atoms with Crippen LogP contribution in [0.1, 0.15) is 25.6 Å². The maximum absolute atomic E-state index is 6.20. The first-order chi connectivity index (χ1) is 9.13. The van der Waals surface area contributed by atoms with Gasteiger partial charge in [-0.3, -0.25) is 0 Å². The van der Waals surface area contributed by atoms with Gasteiger partial charge in [0.2, 0.25) is 0 Å². The van der Waals surface area contributed by atoms with Gasteiger partial charge in [-0.2, -0.15) is 0 Å². The highest BCUT2D eigenvalue weighted by molar-refractivity contribution is 6.35. The fourth-order valence-electron chi connectivity index (χ4n) is 2.74. The maximum atomic E-state index is 6.20. The van der Waals surface area contributed by atoms with Crippen molar-refractivity contribution in [2.75, 3.05) is 6.61 Å². The molecule has 1 aliphatic heterocycles. The minimum atomic E-state index is -0.128. The lowest BCUT2D eigenvalue weighted by Gasteiger charge is -2.24. The van der Waals surface area contributed by atoms with Crippen LogP contribution in [-0.4, -0.2) is 21.8 Å². The molecule has 102 valence electrons. The van der Waals surface area contributed by atoms with Crippen molar-refractivity contribution in [2.45, 2.75) is 37.8 Å². The molecule has 3 rings (SSSR count). The Bertz CT molecular complexity index is 603. The van der Waals surface area contributed by atoms with Gasteiger partial charge in [0.05, 0.1) is 28.6 Å². The van der Waals surface area contributed by atoms with Gasteiger partial charge in [0.25, 0.3) is 0 Å². The average Bonchev–Trinajstić information content (AvgIpc) is 2.96. The second-order valence-electron chi connectivity index (χ2n) is 5.26. The van der Waals surface area contributed by atoms with Crippen molar-refractivity contribution in [3.63, 3.8) is 0 Å². The lowest BCUT2D eigenvalue weighted by molar-refractivity contribution is 0.00661. The molecule has 5 heteroatoms. The Labute approximate surface area is 122 Å². The van der Waals surface area contributed by atoms with E-state index in [9.17, 15) is 0 Å². The van der Waals surface area contributed by atoms with E-state index in [2.05, 4.69) is 16.5 Å². The molecule has 1 aromatic heterocycles. The predicted molar refractivity (Wildman–Crippen MR) is 77.9 cm³/mol. The minimum absolute atomic E-state index is 0.128. The predicted octanol–water partition coefficient (Wildman–Crippen LogP) is 4.00. The SMILES string of the molecule is CC1(Cn2c(CCl)nc3c(Cl)cccc32)CCCO1. The van der Waals surface area contributed by atoms with Gasteiger partial charge in [0, 0.05) is 6.61 Å². The lowest BCUT2D eigenvalue weighted by atomic mass is 10.0. The summed E-state index contributed by atoms with van der Waals surface area (Å²) in [6.07, 6.45) is 2.18. The number of imidazole rings is 1. The van der Waals surface area contributed by atoms with E-state index >= 15 is 0 Å². The zero-order valence-electron chi connectivity index (χ0n) is 10.8. The van der Waals surface area contributed by atoms with Crippen molar-refractivity contribution < 1.29 is 4.74 Å². The third-order valence-electron chi connectivity index (χ3n) is 3.72. The highest BCUT2D eigenvalue weighted by Gasteiger charge is 2.31. The lowest BCUT2D eigenvalue weighted by Crippen LogP contribution is -2.30. The van der Waals surface area contributed by atoms with Crippen LogP contribution < -0.4 is 0 Å². The van der Waals surface area contributed by atoms with Gasteiger partial charge in [0.15, 0.2) is 0 Å². The van der Waals surface area contributed by atoms with E-state index in [1.807, 2.05) is 18.2 Å². The Morgan fingerprint density at radius 3 is 3.00 bits per heavy atom. The number of nitrogens with zero attached hydrogens (tertiary/aromatic N) is 2. The zero-order valence-corrected chi connectivity index (χ0v) is 12.3. The molecule has 1 fully saturated rings. The van der Waals surface area contributed by atoms with E-state index in [0.29, 0.717) is 10.9 Å². The molecule has 1 saturated heterocycles. The summed E-state index contributed by atoms with van der Waals surface area (Å²) in [5.74, 6) is 1.22. The Balaban J connectivity index is 2.08. The quantitative estimate of drug-likeness (QED) is 0.801. The molecule has 0 radical (unpaired) electrons. The molecular weight excluding hydrogens is 283 g/mol. The molecule has 1 aliphatic rings. The Hall–Kier alpha value is -0.770. The summed E-state index contributed by atoms with van der Waals surface area (Å²) < 4.78 is 8.01. The number of ether oxygens (including phenoxy) is 1. The van der Waals surface area contributed by atoms with E-state index in [4.69, 9.17) is 27.9 Å². The van der Waals surface area contributed by atoms with Gasteiger partial charge in [-0.05, 0) is 31.9 Å². The third kappa shape index (κ3) is 2.35. The number of fused-ring (bicyclic) bond motifs is 1. The monoisotopic (exact) mass is 298 g/mol. The van der Waals surface area contributed by atoms with Crippen LogP contribution in [0.15, 0.2) is 18.2 Å². The second kappa shape index (κ2) is 4.97. The Morgan fingerprint density at radius 2 is 2.32 bits per heavy atom. The van der Waals surface area contributed by atoms with Crippen molar-refractivity contribution >= 4 is 34.2 Å². The summed E-state index contributed by atoms with van der Waals surface area (Å²) in [6, 6.07) is 5.83. The molecule has 0 amide bonds. The first-order valence-electron chi connectivity index (χ1n) is 6.46. The van der Waals surface area contributed by atoms with Crippen LogP contribution in [-0.2, 0) is 17.2 Å². The topological polar surface area (TPSA) is 27.1 Å². The molecule has 0 spiro atoms. The van der Waals surface area contributed by atoms with Crippen molar-refractivity contribution in [1.29, 1.82) is 0 Å². The molecule has 1 atom stereocenters. The average molecular weight is 299 g/mol. The number of alkyl halides is 1. The smallest absolute Gasteiger partial charge is 0.125 e. The molecule has 0 N–H and O–H groups in total. The van der Waals surface area contributed by atoms with Crippen LogP contribution in [0.4, 0.5) is 0 Å². The number of aromatic nitrogens is 2.